The number of esters is 1. The van der Waals surface area contributed by atoms with Crippen LogP contribution in [0.1, 0.15) is 39.0 Å². The van der Waals surface area contributed by atoms with Crippen LogP contribution in [0.3, 0.4) is 0 Å². The van der Waals surface area contributed by atoms with Gasteiger partial charge in [0.1, 0.15) is 0 Å². The predicted molar refractivity (Wildman–Crippen MR) is 66.5 cm³/mol. The van der Waals surface area contributed by atoms with E-state index in [0.29, 0.717) is 18.3 Å². The molecule has 3 atom stereocenters. The highest BCUT2D eigenvalue weighted by atomic mass is 16.5. The van der Waals surface area contributed by atoms with Crippen LogP contribution < -0.4 is 10.9 Å². The first-order valence-electron chi connectivity index (χ1n) is 6.75. The van der Waals surface area contributed by atoms with E-state index >= 15 is 0 Å². The van der Waals surface area contributed by atoms with E-state index in [1.54, 1.807) is 0 Å². The summed E-state index contributed by atoms with van der Waals surface area (Å²) in [4.78, 5) is 33.4. The molecular formula is C13H20N2O4. The summed E-state index contributed by atoms with van der Waals surface area (Å²) in [6, 6.07) is 0. The molecule has 0 aromatic carbocycles. The average molecular weight is 268 g/mol. The van der Waals surface area contributed by atoms with E-state index in [-0.39, 0.29) is 18.5 Å². The monoisotopic (exact) mass is 268 g/mol. The largest absolute Gasteiger partial charge is 0.455 e. The zero-order valence-corrected chi connectivity index (χ0v) is 11.1. The summed E-state index contributed by atoms with van der Waals surface area (Å²) in [5.41, 5.74) is 4.28. The topological polar surface area (TPSA) is 84.5 Å². The molecule has 0 heterocycles. The van der Waals surface area contributed by atoms with Crippen molar-refractivity contribution < 1.29 is 19.1 Å². The number of nitrogens with one attached hydrogen (secondary N) is 2. The first-order valence-corrected chi connectivity index (χ1v) is 6.75. The molecule has 0 spiro atoms. The molecule has 2 amide bonds. The van der Waals surface area contributed by atoms with Gasteiger partial charge in [-0.15, -0.1) is 0 Å². The highest BCUT2D eigenvalue weighted by Gasteiger charge is 2.40. The summed E-state index contributed by atoms with van der Waals surface area (Å²) in [6.07, 6.45) is 5.31. The van der Waals surface area contributed by atoms with E-state index in [1.807, 2.05) is 0 Å². The summed E-state index contributed by atoms with van der Waals surface area (Å²) in [5.74, 6) is 0.676. The van der Waals surface area contributed by atoms with E-state index in [4.69, 9.17) is 4.74 Å². The highest BCUT2D eigenvalue weighted by molar-refractivity contribution is 5.83. The third-order valence-electron chi connectivity index (χ3n) is 4.06. The van der Waals surface area contributed by atoms with Gasteiger partial charge >= 0.3 is 5.97 Å². The minimum absolute atomic E-state index is 0.324. The molecular weight excluding hydrogens is 248 g/mol. The lowest BCUT2D eigenvalue weighted by Gasteiger charge is -2.20. The van der Waals surface area contributed by atoms with Gasteiger partial charge < -0.3 is 4.74 Å². The molecule has 2 saturated carbocycles. The van der Waals surface area contributed by atoms with Crippen LogP contribution in [-0.2, 0) is 19.1 Å². The number of ether oxygens (including phenoxy) is 1. The molecule has 0 aliphatic heterocycles. The zero-order valence-electron chi connectivity index (χ0n) is 11.1. The number of hydrazine groups is 1. The van der Waals surface area contributed by atoms with Crippen molar-refractivity contribution in [3.05, 3.63) is 0 Å². The molecule has 106 valence electrons. The smallest absolute Gasteiger partial charge is 0.306 e. The van der Waals surface area contributed by atoms with Gasteiger partial charge in [0.15, 0.2) is 6.61 Å². The van der Waals surface area contributed by atoms with Crippen molar-refractivity contribution in [2.75, 3.05) is 6.61 Å². The van der Waals surface area contributed by atoms with Crippen molar-refractivity contribution in [2.45, 2.75) is 39.0 Å². The Morgan fingerprint density at radius 3 is 2.53 bits per heavy atom. The third-order valence-corrected chi connectivity index (χ3v) is 4.06. The maximum absolute atomic E-state index is 11.6. The van der Waals surface area contributed by atoms with Crippen molar-refractivity contribution in [1.29, 1.82) is 0 Å². The lowest BCUT2D eigenvalue weighted by Crippen LogP contribution is -2.42. The van der Waals surface area contributed by atoms with Crippen LogP contribution in [0, 0.1) is 17.8 Å². The van der Waals surface area contributed by atoms with Crippen LogP contribution >= 0.6 is 0 Å². The normalized spacial score (nSPS) is 27.9. The van der Waals surface area contributed by atoms with E-state index in [0.717, 1.165) is 12.3 Å². The van der Waals surface area contributed by atoms with Crippen molar-refractivity contribution in [3.63, 3.8) is 0 Å². The molecule has 0 saturated heterocycles. The molecule has 2 aliphatic rings. The second kappa shape index (κ2) is 6.04. The molecule has 2 N–H and O–H groups in total. The summed E-state index contributed by atoms with van der Waals surface area (Å²) in [7, 11) is 0. The van der Waals surface area contributed by atoms with Crippen molar-refractivity contribution in [2.24, 2.45) is 17.8 Å². The predicted octanol–water partition coefficient (Wildman–Crippen LogP) is 0.523. The van der Waals surface area contributed by atoms with Gasteiger partial charge in [0.05, 0.1) is 0 Å². The third kappa shape index (κ3) is 3.94. The maximum atomic E-state index is 11.6. The van der Waals surface area contributed by atoms with E-state index in [1.165, 1.54) is 26.2 Å². The van der Waals surface area contributed by atoms with Gasteiger partial charge in [0.2, 0.25) is 5.91 Å². The van der Waals surface area contributed by atoms with Gasteiger partial charge in [0, 0.05) is 13.3 Å². The molecule has 6 heteroatoms. The lowest BCUT2D eigenvalue weighted by molar-refractivity contribution is -0.150. The molecule has 2 fully saturated rings. The standard InChI is InChI=1S/C13H20N2O4/c1-8(16)14-15-12(17)7-19-13(18)6-11-5-9-2-3-10(11)4-9/h9-11H,2-7H2,1H3,(H,14,16)(H,15,17)/t9-,10+,11+/m1/s1. The minimum Gasteiger partial charge on any atom is -0.455 e. The summed E-state index contributed by atoms with van der Waals surface area (Å²) in [6.45, 7) is 0.932. The van der Waals surface area contributed by atoms with Crippen LogP contribution in [-0.4, -0.2) is 24.4 Å². The molecule has 0 aromatic heterocycles. The molecule has 0 radical (unpaired) electrons. The van der Waals surface area contributed by atoms with Gasteiger partial charge in [-0.05, 0) is 37.0 Å². The Kier molecular flexibility index (Phi) is 4.39. The van der Waals surface area contributed by atoms with Crippen molar-refractivity contribution in [3.8, 4) is 0 Å². The van der Waals surface area contributed by atoms with Crippen LogP contribution in [0.15, 0.2) is 0 Å². The van der Waals surface area contributed by atoms with Gasteiger partial charge in [-0.2, -0.15) is 0 Å². The maximum Gasteiger partial charge on any atom is 0.306 e. The average Bonchev–Trinajstić information content (AvgIpc) is 2.96. The second-order valence-electron chi connectivity index (χ2n) is 5.53. The first kappa shape index (κ1) is 13.8. The number of fused-ring (bicyclic) bond motifs is 2. The number of hydrogen-bond acceptors (Lipinski definition) is 4. The number of rotatable bonds is 4. The van der Waals surface area contributed by atoms with Crippen LogP contribution in [0.4, 0.5) is 0 Å². The Morgan fingerprint density at radius 2 is 1.95 bits per heavy atom. The number of hydrogen-bond donors (Lipinski definition) is 2. The molecule has 2 rings (SSSR count). The van der Waals surface area contributed by atoms with Gasteiger partial charge in [-0.3, -0.25) is 25.2 Å². The van der Waals surface area contributed by atoms with E-state index in [2.05, 4.69) is 10.9 Å². The number of amides is 2. The van der Waals surface area contributed by atoms with Crippen LogP contribution in [0.5, 0.6) is 0 Å². The fourth-order valence-electron chi connectivity index (χ4n) is 3.24. The second-order valence-corrected chi connectivity index (χ2v) is 5.53. The Hall–Kier alpha value is -1.59. The SMILES string of the molecule is CC(=O)NNC(=O)COC(=O)C[C@@H]1C[C@@H]2CC[C@H]1C2. The van der Waals surface area contributed by atoms with Crippen LogP contribution in [0.2, 0.25) is 0 Å². The van der Waals surface area contributed by atoms with E-state index in [9.17, 15) is 14.4 Å². The Morgan fingerprint density at radius 1 is 1.16 bits per heavy atom. The summed E-state index contributed by atoms with van der Waals surface area (Å²) < 4.78 is 4.90. The fourth-order valence-corrected chi connectivity index (χ4v) is 3.24. The van der Waals surface area contributed by atoms with Crippen molar-refractivity contribution >= 4 is 17.8 Å². The number of carbonyl (C=O) groups excluding carboxylic acids is 3. The molecule has 2 bridgehead atoms. The minimum atomic E-state index is -0.531. The number of carbonyl (C=O) groups is 3. The summed E-state index contributed by atoms with van der Waals surface area (Å²) in [5, 5.41) is 0. The Bertz CT molecular complexity index is 383. The first-order chi connectivity index (χ1) is 9.04. The lowest BCUT2D eigenvalue weighted by atomic mass is 9.86. The summed E-state index contributed by atoms with van der Waals surface area (Å²) >= 11 is 0. The molecule has 6 nitrogen and oxygen atoms in total. The van der Waals surface area contributed by atoms with Crippen molar-refractivity contribution in [1.82, 2.24) is 10.9 Å². The molecule has 2 aliphatic carbocycles. The molecule has 0 aromatic rings. The van der Waals surface area contributed by atoms with Gasteiger partial charge in [-0.1, -0.05) is 6.42 Å². The van der Waals surface area contributed by atoms with Gasteiger partial charge in [-0.25, -0.2) is 0 Å². The zero-order chi connectivity index (χ0) is 13.8. The Labute approximate surface area is 112 Å². The van der Waals surface area contributed by atoms with E-state index < -0.39 is 5.91 Å². The highest BCUT2D eigenvalue weighted by Crippen LogP contribution is 2.49. The molecule has 19 heavy (non-hydrogen) atoms. The molecule has 0 unspecified atom stereocenters. The van der Waals surface area contributed by atoms with Gasteiger partial charge in [0.25, 0.3) is 5.91 Å². The van der Waals surface area contributed by atoms with Crippen LogP contribution in [0.25, 0.3) is 0 Å². The Balaban J connectivity index is 1.62. The fraction of sp³-hybridized carbons (Fsp3) is 0.769. The quantitative estimate of drug-likeness (QED) is 0.575.